The first-order chi connectivity index (χ1) is 9.38. The first-order valence-corrected chi connectivity index (χ1v) is 7.73. The van der Waals surface area contributed by atoms with Gasteiger partial charge in [-0.25, -0.2) is 13.1 Å². The predicted octanol–water partition coefficient (Wildman–Crippen LogP) is -0.0535. The number of hydrogen-bond donors (Lipinski definition) is 3. The third kappa shape index (κ3) is 5.06. The van der Waals surface area contributed by atoms with E-state index in [9.17, 15) is 13.2 Å². The number of benzene rings is 1. The lowest BCUT2D eigenvalue weighted by Crippen LogP contribution is -2.34. The first kappa shape index (κ1) is 16.3. The second kappa shape index (κ2) is 7.11. The molecule has 112 valence electrons. The molecule has 1 aromatic rings. The van der Waals surface area contributed by atoms with E-state index in [2.05, 4.69) is 10.0 Å². The summed E-state index contributed by atoms with van der Waals surface area (Å²) in [7, 11) is -1.87. The quantitative estimate of drug-likeness (QED) is 0.611. The van der Waals surface area contributed by atoms with Crippen LogP contribution in [-0.2, 0) is 10.0 Å². The molecule has 0 fully saturated rings. The Morgan fingerprint density at radius 2 is 2.05 bits per heavy atom. The van der Waals surface area contributed by atoms with E-state index in [0.29, 0.717) is 23.5 Å². The maximum absolute atomic E-state index is 11.9. The molecule has 0 aliphatic heterocycles. The molecule has 0 spiro atoms. The summed E-state index contributed by atoms with van der Waals surface area (Å²) in [5, 5.41) is 2.52. The van der Waals surface area contributed by atoms with Crippen LogP contribution in [0.2, 0.25) is 0 Å². The molecule has 20 heavy (non-hydrogen) atoms. The molecular weight excluding hydrogens is 282 g/mol. The summed E-state index contributed by atoms with van der Waals surface area (Å²) in [6, 6.07) is 4.62. The van der Waals surface area contributed by atoms with E-state index < -0.39 is 15.9 Å². The molecule has 0 aliphatic rings. The van der Waals surface area contributed by atoms with Crippen molar-refractivity contribution in [3.8, 4) is 5.75 Å². The van der Waals surface area contributed by atoms with Crippen LogP contribution < -0.4 is 20.5 Å². The minimum absolute atomic E-state index is 0.0191. The maximum atomic E-state index is 11.9. The summed E-state index contributed by atoms with van der Waals surface area (Å²) < 4.78 is 30.2. The van der Waals surface area contributed by atoms with Gasteiger partial charge in [-0.2, -0.15) is 0 Å². The number of nitrogen functional groups attached to an aromatic ring is 1. The fraction of sp³-hybridized carbons (Fsp3) is 0.417. The first-order valence-electron chi connectivity index (χ1n) is 6.08. The minimum Gasteiger partial charge on any atom is -0.497 e. The van der Waals surface area contributed by atoms with Crippen molar-refractivity contribution in [1.82, 2.24) is 10.0 Å². The second-order valence-electron chi connectivity index (χ2n) is 4.07. The zero-order valence-corrected chi connectivity index (χ0v) is 12.3. The van der Waals surface area contributed by atoms with Gasteiger partial charge in [0.25, 0.3) is 5.91 Å². The van der Waals surface area contributed by atoms with E-state index in [1.54, 1.807) is 13.0 Å². The molecule has 4 N–H and O–H groups in total. The molecule has 0 saturated carbocycles. The fourth-order valence-corrected chi connectivity index (χ4v) is 2.52. The highest BCUT2D eigenvalue weighted by atomic mass is 32.2. The Labute approximate surface area is 118 Å². The van der Waals surface area contributed by atoms with Gasteiger partial charge in [0.15, 0.2) is 0 Å². The number of nitrogens with one attached hydrogen (secondary N) is 2. The van der Waals surface area contributed by atoms with Crippen LogP contribution >= 0.6 is 0 Å². The summed E-state index contributed by atoms with van der Waals surface area (Å²) in [5.74, 6) is -0.107. The van der Waals surface area contributed by atoms with E-state index in [1.807, 2.05) is 0 Å². The Hall–Kier alpha value is -1.80. The minimum atomic E-state index is -3.34. The standard InChI is InChI=1S/C12H19N3O4S/c1-3-15-20(17,18)5-4-14-12(16)9-6-10(13)8-11(7-9)19-2/h6-8,15H,3-5,13H2,1-2H3,(H,14,16). The normalized spacial score (nSPS) is 11.1. The van der Waals surface area contributed by atoms with Crippen molar-refractivity contribution in [2.24, 2.45) is 0 Å². The van der Waals surface area contributed by atoms with Gasteiger partial charge in [-0.05, 0) is 12.1 Å². The highest BCUT2D eigenvalue weighted by Crippen LogP contribution is 2.18. The Morgan fingerprint density at radius 3 is 2.65 bits per heavy atom. The number of sulfonamides is 1. The fourth-order valence-electron chi connectivity index (χ4n) is 1.56. The number of carbonyl (C=O) groups excluding carboxylic acids is 1. The topological polar surface area (TPSA) is 111 Å². The zero-order chi connectivity index (χ0) is 15.2. The number of anilines is 1. The molecule has 0 saturated heterocycles. The van der Waals surface area contributed by atoms with E-state index in [-0.39, 0.29) is 12.3 Å². The van der Waals surface area contributed by atoms with Crippen LogP contribution in [0.3, 0.4) is 0 Å². The number of nitrogens with two attached hydrogens (primary N) is 1. The van der Waals surface area contributed by atoms with Crippen LogP contribution in [0.25, 0.3) is 0 Å². The molecule has 0 aliphatic carbocycles. The second-order valence-corrected chi connectivity index (χ2v) is 5.99. The van der Waals surface area contributed by atoms with E-state index in [4.69, 9.17) is 10.5 Å². The predicted molar refractivity (Wildman–Crippen MR) is 77.2 cm³/mol. The van der Waals surface area contributed by atoms with Crippen LogP contribution in [0.5, 0.6) is 5.75 Å². The average molecular weight is 301 g/mol. The largest absolute Gasteiger partial charge is 0.497 e. The molecule has 7 nitrogen and oxygen atoms in total. The van der Waals surface area contributed by atoms with Gasteiger partial charge in [0, 0.05) is 30.4 Å². The third-order valence-electron chi connectivity index (χ3n) is 2.45. The summed E-state index contributed by atoms with van der Waals surface area (Å²) in [4.78, 5) is 11.9. The van der Waals surface area contributed by atoms with Crippen LogP contribution in [0, 0.1) is 0 Å². The van der Waals surface area contributed by atoms with Crippen molar-refractivity contribution in [1.29, 1.82) is 0 Å². The van der Waals surface area contributed by atoms with Crippen LogP contribution in [0.4, 0.5) is 5.69 Å². The lowest BCUT2D eigenvalue weighted by molar-refractivity contribution is 0.0956. The smallest absolute Gasteiger partial charge is 0.251 e. The molecule has 0 atom stereocenters. The van der Waals surface area contributed by atoms with Gasteiger partial charge in [-0.1, -0.05) is 6.92 Å². The molecular formula is C12H19N3O4S. The van der Waals surface area contributed by atoms with Crippen molar-refractivity contribution in [3.63, 3.8) is 0 Å². The number of methoxy groups -OCH3 is 1. The van der Waals surface area contributed by atoms with Gasteiger partial charge in [-0.3, -0.25) is 4.79 Å². The van der Waals surface area contributed by atoms with Gasteiger partial charge in [-0.15, -0.1) is 0 Å². The van der Waals surface area contributed by atoms with Gasteiger partial charge >= 0.3 is 0 Å². The van der Waals surface area contributed by atoms with E-state index >= 15 is 0 Å². The highest BCUT2D eigenvalue weighted by Gasteiger charge is 2.11. The summed E-state index contributed by atoms with van der Waals surface area (Å²) in [6.07, 6.45) is 0. The zero-order valence-electron chi connectivity index (χ0n) is 11.5. The highest BCUT2D eigenvalue weighted by molar-refractivity contribution is 7.89. The number of amides is 1. The molecule has 8 heteroatoms. The van der Waals surface area contributed by atoms with Crippen molar-refractivity contribution in [2.45, 2.75) is 6.92 Å². The Morgan fingerprint density at radius 1 is 1.35 bits per heavy atom. The molecule has 0 heterocycles. The van der Waals surface area contributed by atoms with Crippen molar-refractivity contribution in [2.75, 3.05) is 31.7 Å². The molecule has 0 radical (unpaired) electrons. The van der Waals surface area contributed by atoms with Crippen molar-refractivity contribution in [3.05, 3.63) is 23.8 Å². The number of hydrogen-bond acceptors (Lipinski definition) is 5. The Bertz CT molecular complexity index is 572. The Kier molecular flexibility index (Phi) is 5.78. The molecule has 1 amide bonds. The SMILES string of the molecule is CCNS(=O)(=O)CCNC(=O)c1cc(N)cc(OC)c1. The lowest BCUT2D eigenvalue weighted by Gasteiger charge is -2.08. The van der Waals surface area contributed by atoms with Gasteiger partial charge in [0.1, 0.15) is 5.75 Å². The summed E-state index contributed by atoms with van der Waals surface area (Å²) in [6.45, 7) is 2.03. The van der Waals surface area contributed by atoms with Crippen molar-refractivity contribution < 1.29 is 17.9 Å². The molecule has 1 aromatic carbocycles. The Balaban J connectivity index is 2.62. The number of carbonyl (C=O) groups is 1. The van der Waals surface area contributed by atoms with E-state index in [0.717, 1.165) is 0 Å². The van der Waals surface area contributed by atoms with Crippen LogP contribution in [0.15, 0.2) is 18.2 Å². The molecule has 0 aromatic heterocycles. The van der Waals surface area contributed by atoms with Gasteiger partial charge < -0.3 is 15.8 Å². The summed E-state index contributed by atoms with van der Waals surface area (Å²) >= 11 is 0. The monoisotopic (exact) mass is 301 g/mol. The lowest BCUT2D eigenvalue weighted by atomic mass is 10.2. The average Bonchev–Trinajstić information content (AvgIpc) is 2.37. The maximum Gasteiger partial charge on any atom is 0.251 e. The number of rotatable bonds is 7. The van der Waals surface area contributed by atoms with Crippen LogP contribution in [0.1, 0.15) is 17.3 Å². The third-order valence-corrected chi connectivity index (χ3v) is 3.92. The number of ether oxygens (including phenoxy) is 1. The van der Waals surface area contributed by atoms with Crippen LogP contribution in [-0.4, -0.2) is 40.3 Å². The van der Waals surface area contributed by atoms with Gasteiger partial charge in [0.2, 0.25) is 10.0 Å². The van der Waals surface area contributed by atoms with Gasteiger partial charge in [0.05, 0.1) is 12.9 Å². The van der Waals surface area contributed by atoms with E-state index in [1.165, 1.54) is 19.2 Å². The molecule has 0 unspecified atom stereocenters. The molecule has 0 bridgehead atoms. The summed E-state index contributed by atoms with van der Waals surface area (Å²) in [5.41, 5.74) is 6.36. The van der Waals surface area contributed by atoms with Crippen molar-refractivity contribution >= 4 is 21.6 Å². The molecule has 1 rings (SSSR count).